The van der Waals surface area contributed by atoms with E-state index in [4.69, 9.17) is 19.9 Å². The summed E-state index contributed by atoms with van der Waals surface area (Å²) in [5.74, 6) is 0.503. The van der Waals surface area contributed by atoms with Crippen LogP contribution in [0.4, 0.5) is 5.69 Å². The van der Waals surface area contributed by atoms with Gasteiger partial charge >= 0.3 is 5.97 Å². The number of nitrogens with zero attached hydrogens (tertiary/aromatic N) is 3. The number of Topliss-reactive ketones (excluding diaryl/α,β-unsaturated/α-hetero) is 1. The fourth-order valence-corrected chi connectivity index (χ4v) is 5.55. The normalized spacial score (nSPS) is 18.5. The van der Waals surface area contributed by atoms with Gasteiger partial charge in [-0.05, 0) is 42.9 Å². The number of amidine groups is 1. The number of carbonyl (C=O) groups excluding carboxylic acids is 1. The maximum atomic E-state index is 13.7. The molecule has 10 heteroatoms. The molecule has 0 bridgehead atoms. The van der Waals surface area contributed by atoms with Gasteiger partial charge in [0.15, 0.2) is 12.4 Å². The van der Waals surface area contributed by atoms with Crippen LogP contribution in [-0.2, 0) is 21.5 Å². The number of hydrogen-bond acceptors (Lipinski definition) is 7. The highest BCUT2D eigenvalue weighted by molar-refractivity contribution is 8.93. The van der Waals surface area contributed by atoms with E-state index in [9.17, 15) is 14.7 Å². The second-order valence-corrected chi connectivity index (χ2v) is 12.0. The molecular formula is C30H39BrN4O5. The molecule has 1 saturated carbocycles. The fraction of sp³-hybridized carbons (Fsp3) is 0.533. The number of carbonyl (C=O) groups is 2. The van der Waals surface area contributed by atoms with E-state index >= 15 is 0 Å². The van der Waals surface area contributed by atoms with E-state index in [-0.39, 0.29) is 29.3 Å². The van der Waals surface area contributed by atoms with Crippen molar-refractivity contribution in [3.05, 3.63) is 52.3 Å². The summed E-state index contributed by atoms with van der Waals surface area (Å²) < 4.78 is 11.3. The van der Waals surface area contributed by atoms with Crippen molar-refractivity contribution in [3.8, 4) is 5.75 Å². The number of rotatable bonds is 10. The van der Waals surface area contributed by atoms with Crippen LogP contribution in [0.2, 0.25) is 0 Å². The lowest BCUT2D eigenvalue weighted by Crippen LogP contribution is -2.31. The number of nitrogens with one attached hydrogen (secondary N) is 1. The highest BCUT2D eigenvalue weighted by Crippen LogP contribution is 2.43. The summed E-state index contributed by atoms with van der Waals surface area (Å²) in [4.78, 5) is 33.9. The molecule has 3 aliphatic rings. The first-order valence-electron chi connectivity index (χ1n) is 13.7. The van der Waals surface area contributed by atoms with Gasteiger partial charge in [-0.15, -0.1) is 17.0 Å². The SMILES string of the molecule is Br.COCC1CCN(c2cc(C(=O)CN3Cc4ccc(C5CC5)nc4C3=N)cc(C(C)(C)C)c2OCC(=O)O)C1. The lowest BCUT2D eigenvalue weighted by molar-refractivity contribution is -0.139. The number of pyridine rings is 1. The number of carboxylic acids is 1. The first-order valence-corrected chi connectivity index (χ1v) is 13.7. The maximum Gasteiger partial charge on any atom is 0.341 e. The molecule has 1 aliphatic carbocycles. The number of aromatic nitrogens is 1. The third-order valence-corrected chi connectivity index (χ3v) is 7.80. The minimum atomic E-state index is -1.05. The van der Waals surface area contributed by atoms with Gasteiger partial charge in [-0.1, -0.05) is 26.8 Å². The molecular weight excluding hydrogens is 576 g/mol. The van der Waals surface area contributed by atoms with Crippen molar-refractivity contribution >= 4 is 40.3 Å². The number of ketones is 1. The zero-order chi connectivity index (χ0) is 27.9. The molecule has 2 fully saturated rings. The van der Waals surface area contributed by atoms with Gasteiger partial charge in [0.05, 0.1) is 18.8 Å². The molecule has 2 aliphatic heterocycles. The summed E-state index contributed by atoms with van der Waals surface area (Å²) in [6.07, 6.45) is 3.23. The Morgan fingerprint density at radius 1 is 1.18 bits per heavy atom. The summed E-state index contributed by atoms with van der Waals surface area (Å²) in [6, 6.07) is 7.77. The molecule has 9 nitrogen and oxygen atoms in total. The van der Waals surface area contributed by atoms with E-state index in [1.807, 2.05) is 39.0 Å². The molecule has 1 unspecified atom stereocenters. The van der Waals surface area contributed by atoms with E-state index in [1.54, 1.807) is 12.0 Å². The topological polar surface area (TPSA) is 116 Å². The van der Waals surface area contributed by atoms with Crippen LogP contribution in [0.1, 0.15) is 78.8 Å². The molecule has 2 aromatic rings. The Balaban J connectivity index is 0.00000370. The Kier molecular flexibility index (Phi) is 8.89. The Bertz CT molecular complexity index is 1300. The first-order chi connectivity index (χ1) is 18.5. The van der Waals surface area contributed by atoms with E-state index < -0.39 is 18.0 Å². The molecule has 1 saturated heterocycles. The standard InChI is InChI=1S/C30H38N4O5.BrH/c1-30(2,3)22-11-21(12-24(28(22)39-17-26(36)37)33-10-9-18(13-33)16-38-4)25(35)15-34-14-20-7-8-23(19-5-6-19)32-27(20)29(34)31;/h7-8,11-12,18-19,31H,5-6,9-10,13-17H2,1-4H3,(H,36,37);1H. The predicted octanol–water partition coefficient (Wildman–Crippen LogP) is 4.79. The van der Waals surface area contributed by atoms with Gasteiger partial charge in [0.25, 0.3) is 0 Å². The number of aliphatic carboxylic acids is 1. The van der Waals surface area contributed by atoms with Crippen molar-refractivity contribution in [1.29, 1.82) is 5.41 Å². The van der Waals surface area contributed by atoms with Crippen molar-refractivity contribution in [2.45, 2.75) is 57.9 Å². The minimum Gasteiger partial charge on any atom is -0.479 e. The van der Waals surface area contributed by atoms with Gasteiger partial charge in [-0.25, -0.2) is 9.78 Å². The van der Waals surface area contributed by atoms with E-state index in [0.717, 1.165) is 54.9 Å². The molecule has 0 spiro atoms. The minimum absolute atomic E-state index is 0. The Morgan fingerprint density at radius 3 is 2.58 bits per heavy atom. The van der Waals surface area contributed by atoms with Gasteiger partial charge in [0, 0.05) is 61.0 Å². The van der Waals surface area contributed by atoms with Crippen LogP contribution in [0.5, 0.6) is 5.75 Å². The van der Waals surface area contributed by atoms with Gasteiger partial charge in [0.2, 0.25) is 0 Å². The molecule has 1 aromatic carbocycles. The van der Waals surface area contributed by atoms with Crippen molar-refractivity contribution in [2.75, 3.05) is 44.9 Å². The number of methoxy groups -OCH3 is 1. The fourth-order valence-electron chi connectivity index (χ4n) is 5.55. The smallest absolute Gasteiger partial charge is 0.341 e. The van der Waals surface area contributed by atoms with Crippen LogP contribution in [0, 0.1) is 11.3 Å². The molecule has 0 amide bonds. The summed E-state index contributed by atoms with van der Waals surface area (Å²) in [7, 11) is 1.69. The molecule has 5 rings (SSSR count). The van der Waals surface area contributed by atoms with Crippen LogP contribution in [0.15, 0.2) is 24.3 Å². The molecule has 216 valence electrons. The van der Waals surface area contributed by atoms with E-state index in [0.29, 0.717) is 47.8 Å². The predicted molar refractivity (Wildman–Crippen MR) is 159 cm³/mol. The molecule has 3 heterocycles. The highest BCUT2D eigenvalue weighted by Gasteiger charge is 2.33. The molecule has 0 radical (unpaired) electrons. The van der Waals surface area contributed by atoms with Gasteiger partial charge in [-0.2, -0.15) is 0 Å². The van der Waals surface area contributed by atoms with Crippen LogP contribution in [0.25, 0.3) is 0 Å². The van der Waals surface area contributed by atoms with Crippen molar-refractivity contribution in [1.82, 2.24) is 9.88 Å². The van der Waals surface area contributed by atoms with E-state index in [2.05, 4.69) is 11.0 Å². The molecule has 2 N–H and O–H groups in total. The highest BCUT2D eigenvalue weighted by atomic mass is 79.9. The van der Waals surface area contributed by atoms with Crippen LogP contribution >= 0.6 is 17.0 Å². The lowest BCUT2D eigenvalue weighted by Gasteiger charge is -2.29. The largest absolute Gasteiger partial charge is 0.479 e. The number of benzene rings is 1. The number of fused-ring (bicyclic) bond motifs is 1. The zero-order valence-electron chi connectivity index (χ0n) is 23.7. The second-order valence-electron chi connectivity index (χ2n) is 12.0. The quantitative estimate of drug-likeness (QED) is 0.367. The number of carboxylic acid groups (broad SMARTS) is 1. The van der Waals surface area contributed by atoms with Crippen LogP contribution < -0.4 is 9.64 Å². The molecule has 1 aromatic heterocycles. The van der Waals surface area contributed by atoms with Gasteiger partial charge < -0.3 is 24.4 Å². The number of halogens is 1. The maximum absolute atomic E-state index is 13.7. The number of ether oxygens (including phenoxy) is 2. The average molecular weight is 616 g/mol. The summed E-state index contributed by atoms with van der Waals surface area (Å²) in [5.41, 5.74) is 4.36. The summed E-state index contributed by atoms with van der Waals surface area (Å²) in [6.45, 7) is 8.32. The zero-order valence-corrected chi connectivity index (χ0v) is 25.4. The van der Waals surface area contributed by atoms with Gasteiger partial charge in [0.1, 0.15) is 17.3 Å². The van der Waals surface area contributed by atoms with E-state index in [1.165, 1.54) is 0 Å². The monoisotopic (exact) mass is 614 g/mol. The van der Waals surface area contributed by atoms with Gasteiger partial charge in [-0.3, -0.25) is 10.2 Å². The summed E-state index contributed by atoms with van der Waals surface area (Å²) in [5, 5.41) is 18.1. The Hall–Kier alpha value is -2.98. The summed E-state index contributed by atoms with van der Waals surface area (Å²) >= 11 is 0. The second kappa shape index (κ2) is 11.9. The number of anilines is 1. The third-order valence-electron chi connectivity index (χ3n) is 7.80. The van der Waals surface area contributed by atoms with Crippen molar-refractivity contribution < 1.29 is 24.2 Å². The molecule has 1 atom stereocenters. The Morgan fingerprint density at radius 2 is 1.93 bits per heavy atom. The Labute approximate surface area is 246 Å². The number of hydrogen-bond donors (Lipinski definition) is 2. The van der Waals surface area contributed by atoms with Crippen molar-refractivity contribution in [2.24, 2.45) is 5.92 Å². The lowest BCUT2D eigenvalue weighted by atomic mass is 9.84. The van der Waals surface area contributed by atoms with Crippen LogP contribution in [-0.4, -0.2) is 72.5 Å². The van der Waals surface area contributed by atoms with Crippen molar-refractivity contribution in [3.63, 3.8) is 0 Å². The average Bonchev–Trinajstić information content (AvgIpc) is 3.56. The van der Waals surface area contributed by atoms with Crippen LogP contribution in [0.3, 0.4) is 0 Å². The third kappa shape index (κ3) is 6.33. The first kappa shape index (κ1) is 30.0. The molecule has 40 heavy (non-hydrogen) atoms.